The number of dihydropyridines is 1. The number of carbonyl (C=O) groups excluding carboxylic acids is 2. The number of benzene rings is 3. The number of Topliss-reactive ketones (excluding diaryl/α,β-unsaturated/α-hetero) is 1. The molecule has 0 unspecified atom stereocenters. The fraction of sp³-hybridized carbons (Fsp3) is 0.273. The van der Waals surface area contributed by atoms with Crippen molar-refractivity contribution in [1.82, 2.24) is 5.32 Å². The predicted octanol–water partition coefficient (Wildman–Crippen LogP) is 5.93. The van der Waals surface area contributed by atoms with Crippen LogP contribution in [-0.2, 0) is 9.59 Å². The second kappa shape index (κ2) is 12.0. The second-order valence-electron chi connectivity index (χ2n) is 10.6. The van der Waals surface area contributed by atoms with E-state index in [0.717, 1.165) is 5.56 Å². The van der Waals surface area contributed by atoms with Crippen LogP contribution < -0.4 is 24.8 Å². The summed E-state index contributed by atoms with van der Waals surface area (Å²) in [6, 6.07) is 17.4. The lowest BCUT2D eigenvalue weighted by Crippen LogP contribution is -2.37. The minimum Gasteiger partial charge on any atom is -0.497 e. The number of amides is 1. The van der Waals surface area contributed by atoms with Gasteiger partial charge in [0.05, 0.1) is 26.3 Å². The Balaban J connectivity index is 1.58. The van der Waals surface area contributed by atoms with Gasteiger partial charge in [-0.25, -0.2) is 0 Å². The van der Waals surface area contributed by atoms with Crippen molar-refractivity contribution in [2.45, 2.75) is 38.5 Å². The molecule has 2 N–H and O–H groups in total. The first kappa shape index (κ1) is 29.4. The number of nitrogens with zero attached hydrogens (tertiary/aromatic N) is 1. The van der Waals surface area contributed by atoms with Crippen molar-refractivity contribution in [2.24, 2.45) is 0 Å². The molecule has 1 amide bonds. The highest BCUT2D eigenvalue weighted by Crippen LogP contribution is 2.47. The van der Waals surface area contributed by atoms with E-state index < -0.39 is 16.7 Å². The van der Waals surface area contributed by atoms with Gasteiger partial charge in [-0.3, -0.25) is 19.7 Å². The fourth-order valence-electron chi connectivity index (χ4n) is 5.89. The van der Waals surface area contributed by atoms with E-state index in [1.807, 2.05) is 18.2 Å². The first-order chi connectivity index (χ1) is 20.6. The van der Waals surface area contributed by atoms with Crippen LogP contribution in [0.3, 0.4) is 0 Å². The molecule has 3 aromatic rings. The van der Waals surface area contributed by atoms with E-state index in [0.29, 0.717) is 63.0 Å². The first-order valence-corrected chi connectivity index (χ1v) is 13.8. The van der Waals surface area contributed by atoms with Crippen LogP contribution in [0.4, 0.5) is 11.4 Å². The number of allylic oxidation sites excluding steroid dienone is 3. The molecule has 10 nitrogen and oxygen atoms in total. The number of methoxy groups -OCH3 is 3. The van der Waals surface area contributed by atoms with Crippen LogP contribution in [0, 0.1) is 17.0 Å². The summed E-state index contributed by atoms with van der Waals surface area (Å²) < 4.78 is 16.1. The van der Waals surface area contributed by atoms with E-state index in [2.05, 4.69) is 10.6 Å². The summed E-state index contributed by atoms with van der Waals surface area (Å²) in [6.07, 6.45) is 0.707. The molecule has 1 heterocycles. The van der Waals surface area contributed by atoms with E-state index in [4.69, 9.17) is 14.2 Å². The monoisotopic (exact) mass is 583 g/mol. The average Bonchev–Trinajstić information content (AvgIpc) is 3.00. The third-order valence-electron chi connectivity index (χ3n) is 8.06. The molecular weight excluding hydrogens is 550 g/mol. The van der Waals surface area contributed by atoms with Crippen molar-refractivity contribution in [1.29, 1.82) is 0 Å². The molecule has 43 heavy (non-hydrogen) atoms. The zero-order chi connectivity index (χ0) is 30.8. The van der Waals surface area contributed by atoms with Crippen molar-refractivity contribution in [3.05, 3.63) is 110 Å². The molecule has 0 bridgehead atoms. The van der Waals surface area contributed by atoms with Gasteiger partial charge in [-0.05, 0) is 73.7 Å². The largest absolute Gasteiger partial charge is 0.497 e. The number of hydrogen-bond donors (Lipinski definition) is 2. The van der Waals surface area contributed by atoms with E-state index in [1.165, 1.54) is 6.07 Å². The molecule has 0 saturated heterocycles. The number of anilines is 1. The van der Waals surface area contributed by atoms with Gasteiger partial charge in [0.15, 0.2) is 17.3 Å². The van der Waals surface area contributed by atoms with Gasteiger partial charge in [0.25, 0.3) is 11.6 Å². The number of nitro groups is 1. The fourth-order valence-corrected chi connectivity index (χ4v) is 5.89. The number of ketones is 1. The van der Waals surface area contributed by atoms with Gasteiger partial charge >= 0.3 is 0 Å². The maximum Gasteiger partial charge on any atom is 0.272 e. The summed E-state index contributed by atoms with van der Waals surface area (Å²) >= 11 is 0. The van der Waals surface area contributed by atoms with Crippen LogP contribution in [0.25, 0.3) is 0 Å². The standard InChI is InChI=1S/C33H33N3O7/c1-18-6-7-21(15-26(18)36(39)40)31-30(33(38)35-23-9-11-24(41-3)12-10-23)19(2)34-25-14-22(16-27(37)32(25)31)20-8-13-28(42-4)29(17-20)43-5/h6-13,15,17,22,31,34H,14,16H2,1-5H3,(H,35,38)/t22-,31-/m0/s1. The van der Waals surface area contributed by atoms with E-state index >= 15 is 0 Å². The van der Waals surface area contributed by atoms with Crippen molar-refractivity contribution >= 4 is 23.1 Å². The van der Waals surface area contributed by atoms with Crippen molar-refractivity contribution in [3.63, 3.8) is 0 Å². The molecule has 3 aromatic carbocycles. The molecule has 0 aromatic heterocycles. The second-order valence-corrected chi connectivity index (χ2v) is 10.6. The molecule has 0 radical (unpaired) electrons. The van der Waals surface area contributed by atoms with Crippen molar-refractivity contribution in [2.75, 3.05) is 26.6 Å². The highest BCUT2D eigenvalue weighted by Gasteiger charge is 2.41. The topological polar surface area (TPSA) is 129 Å². The maximum atomic E-state index is 14.0. The number of hydrogen-bond acceptors (Lipinski definition) is 8. The zero-order valence-corrected chi connectivity index (χ0v) is 24.6. The van der Waals surface area contributed by atoms with Gasteiger partial charge in [0, 0.05) is 52.2 Å². The lowest BCUT2D eigenvalue weighted by atomic mass is 9.71. The van der Waals surface area contributed by atoms with Crippen molar-refractivity contribution in [3.8, 4) is 17.2 Å². The third kappa shape index (κ3) is 5.68. The van der Waals surface area contributed by atoms with Crippen LogP contribution in [0.15, 0.2) is 83.2 Å². The zero-order valence-electron chi connectivity index (χ0n) is 24.6. The summed E-state index contributed by atoms with van der Waals surface area (Å²) in [7, 11) is 4.69. The Morgan fingerprint density at radius 2 is 1.60 bits per heavy atom. The number of ether oxygens (including phenoxy) is 3. The van der Waals surface area contributed by atoms with Gasteiger partial charge in [-0.2, -0.15) is 0 Å². The molecule has 222 valence electrons. The van der Waals surface area contributed by atoms with Gasteiger partial charge in [-0.15, -0.1) is 0 Å². The Morgan fingerprint density at radius 1 is 0.907 bits per heavy atom. The SMILES string of the molecule is COc1ccc(NC(=O)C2=C(C)NC3=C(C(=O)C[C@@H](c4ccc(OC)c(OC)c4)C3)[C@H]2c2ccc(C)c([N+](=O)[O-])c2)cc1. The van der Waals surface area contributed by atoms with Crippen LogP contribution in [-0.4, -0.2) is 37.9 Å². The highest BCUT2D eigenvalue weighted by molar-refractivity contribution is 6.10. The molecule has 2 atom stereocenters. The van der Waals surface area contributed by atoms with Crippen LogP contribution in [0.2, 0.25) is 0 Å². The lowest BCUT2D eigenvalue weighted by molar-refractivity contribution is -0.385. The van der Waals surface area contributed by atoms with E-state index in [-0.39, 0.29) is 23.8 Å². The van der Waals surface area contributed by atoms with Crippen LogP contribution >= 0.6 is 0 Å². The molecule has 0 fully saturated rings. The molecule has 1 aliphatic carbocycles. The number of nitro benzene ring substituents is 1. The number of nitrogens with one attached hydrogen (secondary N) is 2. The minimum atomic E-state index is -0.798. The Labute approximate surface area is 249 Å². The van der Waals surface area contributed by atoms with Gasteiger partial charge in [0.2, 0.25) is 0 Å². The number of carbonyl (C=O) groups is 2. The Hall–Kier alpha value is -5.12. The molecule has 1 aliphatic heterocycles. The quantitative estimate of drug-likeness (QED) is 0.247. The Kier molecular flexibility index (Phi) is 8.20. The summed E-state index contributed by atoms with van der Waals surface area (Å²) in [5, 5.41) is 18.1. The first-order valence-electron chi connectivity index (χ1n) is 13.8. The summed E-state index contributed by atoms with van der Waals surface area (Å²) in [5.41, 5.74) is 4.42. The predicted molar refractivity (Wildman–Crippen MR) is 162 cm³/mol. The Morgan fingerprint density at radius 3 is 2.26 bits per heavy atom. The molecular formula is C33H33N3O7. The maximum absolute atomic E-state index is 14.0. The van der Waals surface area contributed by atoms with E-state index in [1.54, 1.807) is 71.6 Å². The summed E-state index contributed by atoms with van der Waals surface area (Å²) in [6.45, 7) is 3.44. The van der Waals surface area contributed by atoms with Gasteiger partial charge in [0.1, 0.15) is 5.75 Å². The molecule has 0 saturated carbocycles. The molecule has 5 rings (SSSR count). The number of rotatable bonds is 8. The molecule has 0 spiro atoms. The highest BCUT2D eigenvalue weighted by atomic mass is 16.6. The third-order valence-corrected chi connectivity index (χ3v) is 8.06. The van der Waals surface area contributed by atoms with Crippen LogP contribution in [0.5, 0.6) is 17.2 Å². The summed E-state index contributed by atoms with van der Waals surface area (Å²) in [4.78, 5) is 39.3. The minimum absolute atomic E-state index is 0.0720. The van der Waals surface area contributed by atoms with E-state index in [9.17, 15) is 19.7 Å². The summed E-state index contributed by atoms with van der Waals surface area (Å²) in [5.74, 6) is 0.318. The number of aryl methyl sites for hydroxylation is 1. The van der Waals surface area contributed by atoms with Gasteiger partial charge in [-0.1, -0.05) is 18.2 Å². The smallest absolute Gasteiger partial charge is 0.272 e. The Bertz CT molecular complexity index is 1670. The average molecular weight is 584 g/mol. The van der Waals surface area contributed by atoms with Gasteiger partial charge < -0.3 is 24.8 Å². The normalized spacial score (nSPS) is 18.0. The lowest BCUT2D eigenvalue weighted by Gasteiger charge is -2.37. The molecule has 2 aliphatic rings. The molecule has 10 heteroatoms. The van der Waals surface area contributed by atoms with Crippen LogP contribution in [0.1, 0.15) is 48.3 Å². The van der Waals surface area contributed by atoms with Crippen molar-refractivity contribution < 1.29 is 28.7 Å².